The summed E-state index contributed by atoms with van der Waals surface area (Å²) < 4.78 is 1.81. The van der Waals surface area contributed by atoms with Crippen molar-refractivity contribution in [1.82, 2.24) is 14.7 Å². The molecule has 0 N–H and O–H groups in total. The van der Waals surface area contributed by atoms with Gasteiger partial charge in [-0.05, 0) is 19.4 Å². The first kappa shape index (κ1) is 9.24. The third-order valence-corrected chi connectivity index (χ3v) is 2.48. The van der Waals surface area contributed by atoms with E-state index in [1.807, 2.05) is 22.6 Å². The molecule has 76 valence electrons. The number of rotatable bonds is 2. The Hall–Kier alpha value is -1.32. The van der Waals surface area contributed by atoms with Crippen molar-refractivity contribution < 1.29 is 4.79 Å². The average molecular weight is 193 g/mol. The number of hydrogen-bond acceptors (Lipinski definition) is 2. The second kappa shape index (κ2) is 3.44. The smallest absolute Gasteiger partial charge is 0.272 e. The van der Waals surface area contributed by atoms with Gasteiger partial charge in [-0.2, -0.15) is 5.10 Å². The molecule has 4 heteroatoms. The number of aryl methyl sites for hydroxylation is 1. The van der Waals surface area contributed by atoms with Crippen LogP contribution in [0.5, 0.6) is 0 Å². The van der Waals surface area contributed by atoms with Gasteiger partial charge in [0.05, 0.1) is 12.2 Å². The summed E-state index contributed by atoms with van der Waals surface area (Å²) in [7, 11) is 0. The molecule has 0 aliphatic carbocycles. The molecule has 0 saturated carbocycles. The van der Waals surface area contributed by atoms with Crippen LogP contribution in [-0.2, 0) is 6.54 Å². The maximum absolute atomic E-state index is 11.9. The molecule has 2 heterocycles. The van der Waals surface area contributed by atoms with Crippen LogP contribution in [0.2, 0.25) is 0 Å². The van der Waals surface area contributed by atoms with Crippen molar-refractivity contribution in [2.75, 3.05) is 13.1 Å². The van der Waals surface area contributed by atoms with E-state index in [0.717, 1.165) is 37.4 Å². The number of aromatic nitrogens is 2. The van der Waals surface area contributed by atoms with Crippen LogP contribution in [0.15, 0.2) is 6.07 Å². The highest BCUT2D eigenvalue weighted by molar-refractivity contribution is 5.93. The van der Waals surface area contributed by atoms with Crippen LogP contribution >= 0.6 is 0 Å². The van der Waals surface area contributed by atoms with Gasteiger partial charge in [0.25, 0.3) is 5.91 Å². The molecule has 0 fully saturated rings. The first-order chi connectivity index (χ1) is 6.72. The Morgan fingerprint density at radius 3 is 3.00 bits per heavy atom. The summed E-state index contributed by atoms with van der Waals surface area (Å²) >= 11 is 0. The van der Waals surface area contributed by atoms with Gasteiger partial charge in [0.1, 0.15) is 5.69 Å². The summed E-state index contributed by atoms with van der Waals surface area (Å²) in [5.74, 6) is 0.124. The molecule has 1 aliphatic rings. The number of nitrogens with zero attached hydrogens (tertiary/aromatic N) is 3. The molecule has 1 aliphatic heterocycles. The highest BCUT2D eigenvalue weighted by atomic mass is 16.2. The third kappa shape index (κ3) is 1.41. The van der Waals surface area contributed by atoms with Crippen molar-refractivity contribution in [1.29, 1.82) is 0 Å². The SMILES string of the molecule is CCCN1CCn2nc(C)cc2C1=O. The summed E-state index contributed by atoms with van der Waals surface area (Å²) in [6.45, 7) is 6.48. The minimum Gasteiger partial charge on any atom is -0.335 e. The molecule has 0 spiro atoms. The highest BCUT2D eigenvalue weighted by Crippen LogP contribution is 2.13. The number of amides is 1. The van der Waals surface area contributed by atoms with Crippen LogP contribution in [0, 0.1) is 6.92 Å². The molecule has 0 saturated heterocycles. The zero-order valence-electron chi connectivity index (χ0n) is 8.66. The first-order valence-electron chi connectivity index (χ1n) is 5.06. The molecule has 0 aromatic carbocycles. The monoisotopic (exact) mass is 193 g/mol. The van der Waals surface area contributed by atoms with Crippen LogP contribution < -0.4 is 0 Å². The second-order valence-corrected chi connectivity index (χ2v) is 3.69. The Morgan fingerprint density at radius 1 is 1.50 bits per heavy atom. The molecule has 14 heavy (non-hydrogen) atoms. The molecular formula is C10H15N3O. The van der Waals surface area contributed by atoms with Crippen molar-refractivity contribution in [2.45, 2.75) is 26.8 Å². The van der Waals surface area contributed by atoms with Crippen molar-refractivity contribution in [2.24, 2.45) is 0 Å². The molecular weight excluding hydrogens is 178 g/mol. The lowest BCUT2D eigenvalue weighted by Gasteiger charge is -2.26. The van der Waals surface area contributed by atoms with Crippen LogP contribution in [0.4, 0.5) is 0 Å². The maximum Gasteiger partial charge on any atom is 0.272 e. The van der Waals surface area contributed by atoms with E-state index in [9.17, 15) is 4.79 Å². The van der Waals surface area contributed by atoms with Gasteiger partial charge in [0, 0.05) is 13.1 Å². The first-order valence-corrected chi connectivity index (χ1v) is 5.06. The van der Waals surface area contributed by atoms with Gasteiger partial charge < -0.3 is 4.90 Å². The van der Waals surface area contributed by atoms with E-state index in [0.29, 0.717) is 0 Å². The Morgan fingerprint density at radius 2 is 2.29 bits per heavy atom. The maximum atomic E-state index is 11.9. The Balaban J connectivity index is 2.26. The molecule has 1 aromatic rings. The minimum atomic E-state index is 0.124. The number of carbonyl (C=O) groups is 1. The lowest BCUT2D eigenvalue weighted by molar-refractivity contribution is 0.0698. The number of carbonyl (C=O) groups excluding carboxylic acids is 1. The van der Waals surface area contributed by atoms with Crippen molar-refractivity contribution in [3.8, 4) is 0 Å². The average Bonchev–Trinajstić information content (AvgIpc) is 2.52. The summed E-state index contributed by atoms with van der Waals surface area (Å²) in [6, 6.07) is 1.87. The van der Waals surface area contributed by atoms with Crippen molar-refractivity contribution in [3.05, 3.63) is 17.5 Å². The predicted octanol–water partition coefficient (Wildman–Crippen LogP) is 1.06. The summed E-state index contributed by atoms with van der Waals surface area (Å²) in [6.07, 6.45) is 1.01. The van der Waals surface area contributed by atoms with Gasteiger partial charge in [-0.25, -0.2) is 0 Å². The lowest BCUT2D eigenvalue weighted by atomic mass is 10.2. The summed E-state index contributed by atoms with van der Waals surface area (Å²) in [5.41, 5.74) is 1.66. The van der Waals surface area contributed by atoms with E-state index < -0.39 is 0 Å². The Kier molecular flexibility index (Phi) is 2.27. The zero-order valence-corrected chi connectivity index (χ0v) is 8.66. The zero-order chi connectivity index (χ0) is 10.1. The largest absolute Gasteiger partial charge is 0.335 e. The Bertz CT molecular complexity index is 356. The van der Waals surface area contributed by atoms with E-state index in [2.05, 4.69) is 12.0 Å². The van der Waals surface area contributed by atoms with E-state index in [-0.39, 0.29) is 5.91 Å². The van der Waals surface area contributed by atoms with Gasteiger partial charge in [-0.15, -0.1) is 0 Å². The molecule has 0 radical (unpaired) electrons. The summed E-state index contributed by atoms with van der Waals surface area (Å²) in [5, 5.41) is 4.27. The van der Waals surface area contributed by atoms with E-state index in [1.54, 1.807) is 0 Å². The van der Waals surface area contributed by atoms with Crippen molar-refractivity contribution in [3.63, 3.8) is 0 Å². The Labute approximate surface area is 83.5 Å². The second-order valence-electron chi connectivity index (χ2n) is 3.69. The number of hydrogen-bond donors (Lipinski definition) is 0. The topological polar surface area (TPSA) is 38.1 Å². The van der Waals surface area contributed by atoms with Crippen LogP contribution in [-0.4, -0.2) is 33.7 Å². The third-order valence-electron chi connectivity index (χ3n) is 2.48. The molecule has 0 unspecified atom stereocenters. The fourth-order valence-corrected chi connectivity index (χ4v) is 1.85. The van der Waals surface area contributed by atoms with Gasteiger partial charge in [0.2, 0.25) is 0 Å². The normalized spacial score (nSPS) is 15.9. The fourth-order valence-electron chi connectivity index (χ4n) is 1.85. The minimum absolute atomic E-state index is 0.124. The molecule has 1 amide bonds. The van der Waals surface area contributed by atoms with Gasteiger partial charge in [-0.3, -0.25) is 9.48 Å². The van der Waals surface area contributed by atoms with Crippen LogP contribution in [0.1, 0.15) is 29.5 Å². The van der Waals surface area contributed by atoms with Gasteiger partial charge in [0.15, 0.2) is 0 Å². The summed E-state index contributed by atoms with van der Waals surface area (Å²) in [4.78, 5) is 13.8. The molecule has 0 atom stereocenters. The lowest BCUT2D eigenvalue weighted by Crippen LogP contribution is -2.40. The molecule has 2 rings (SSSR count). The standard InChI is InChI=1S/C10H15N3O/c1-3-4-12-5-6-13-9(10(12)14)7-8(2)11-13/h7H,3-6H2,1-2H3. The van der Waals surface area contributed by atoms with Crippen LogP contribution in [0.3, 0.4) is 0 Å². The molecule has 0 bridgehead atoms. The van der Waals surface area contributed by atoms with Gasteiger partial charge >= 0.3 is 0 Å². The van der Waals surface area contributed by atoms with Gasteiger partial charge in [-0.1, -0.05) is 6.92 Å². The predicted molar refractivity (Wildman–Crippen MR) is 53.2 cm³/mol. The molecule has 1 aromatic heterocycles. The van der Waals surface area contributed by atoms with Crippen LogP contribution in [0.25, 0.3) is 0 Å². The van der Waals surface area contributed by atoms with E-state index >= 15 is 0 Å². The fraction of sp³-hybridized carbons (Fsp3) is 0.600. The quantitative estimate of drug-likeness (QED) is 0.704. The molecule has 4 nitrogen and oxygen atoms in total. The number of fused-ring (bicyclic) bond motifs is 1. The van der Waals surface area contributed by atoms with E-state index in [4.69, 9.17) is 0 Å². The van der Waals surface area contributed by atoms with E-state index in [1.165, 1.54) is 0 Å². The highest BCUT2D eigenvalue weighted by Gasteiger charge is 2.24. The van der Waals surface area contributed by atoms with Crippen molar-refractivity contribution >= 4 is 5.91 Å².